The fourth-order valence-electron chi connectivity index (χ4n) is 3.25. The zero-order valence-electron chi connectivity index (χ0n) is 14.7. The zero-order valence-corrected chi connectivity index (χ0v) is 15.5. The van der Waals surface area contributed by atoms with Crippen LogP contribution in [0.2, 0.25) is 5.02 Å². The Morgan fingerprint density at radius 2 is 1.93 bits per heavy atom. The van der Waals surface area contributed by atoms with E-state index < -0.39 is 11.0 Å². The highest BCUT2D eigenvalue weighted by molar-refractivity contribution is 6.31. The third-order valence-corrected chi connectivity index (χ3v) is 4.91. The highest BCUT2D eigenvalue weighted by Gasteiger charge is 2.34. The number of halogens is 1. The number of pyridine rings is 1. The van der Waals surface area contributed by atoms with Crippen molar-refractivity contribution in [3.05, 3.63) is 63.3 Å². The molecule has 9 heteroatoms. The molecule has 1 aliphatic rings. The smallest absolute Gasteiger partial charge is 0.327 e. The molecule has 0 N–H and O–H groups in total. The largest absolute Gasteiger partial charge is 0.468 e. The predicted molar refractivity (Wildman–Crippen MR) is 101 cm³/mol. The average molecular weight is 391 g/mol. The molecule has 3 rings (SSSR count). The van der Waals surface area contributed by atoms with Crippen molar-refractivity contribution in [2.24, 2.45) is 0 Å². The molecule has 0 saturated carbocycles. The third-order valence-electron chi connectivity index (χ3n) is 4.57. The van der Waals surface area contributed by atoms with Gasteiger partial charge < -0.3 is 9.64 Å². The monoisotopic (exact) mass is 390 g/mol. The van der Waals surface area contributed by atoms with Gasteiger partial charge in [-0.05, 0) is 17.7 Å². The van der Waals surface area contributed by atoms with Crippen molar-refractivity contribution in [1.82, 2.24) is 9.88 Å². The van der Waals surface area contributed by atoms with E-state index in [2.05, 4.69) is 4.98 Å². The van der Waals surface area contributed by atoms with Gasteiger partial charge in [-0.2, -0.15) is 0 Å². The molecule has 0 amide bonds. The van der Waals surface area contributed by atoms with Crippen LogP contribution in [0.5, 0.6) is 0 Å². The Kier molecular flexibility index (Phi) is 5.88. The molecule has 1 aliphatic heterocycles. The molecule has 0 radical (unpaired) electrons. The van der Waals surface area contributed by atoms with Crippen LogP contribution in [0.25, 0.3) is 0 Å². The first-order valence-electron chi connectivity index (χ1n) is 8.43. The SMILES string of the molecule is COC(=O)C(c1ccccc1Cl)N1CCN(c2ncccc2[N+](=O)[O-])CC1. The second kappa shape index (κ2) is 8.32. The first-order valence-corrected chi connectivity index (χ1v) is 8.81. The number of hydrogen-bond acceptors (Lipinski definition) is 7. The molecular weight excluding hydrogens is 372 g/mol. The van der Waals surface area contributed by atoms with E-state index in [1.807, 2.05) is 15.9 Å². The number of hydrogen-bond donors (Lipinski definition) is 0. The summed E-state index contributed by atoms with van der Waals surface area (Å²) in [6.07, 6.45) is 1.54. The van der Waals surface area contributed by atoms with E-state index in [0.29, 0.717) is 42.6 Å². The summed E-state index contributed by atoms with van der Waals surface area (Å²) < 4.78 is 4.98. The van der Waals surface area contributed by atoms with E-state index in [0.717, 1.165) is 0 Å². The minimum absolute atomic E-state index is 0.0263. The predicted octanol–water partition coefficient (Wildman–Crippen LogP) is 2.68. The number of ether oxygens (including phenoxy) is 1. The van der Waals surface area contributed by atoms with Gasteiger partial charge in [-0.15, -0.1) is 0 Å². The minimum atomic E-state index is -0.621. The maximum absolute atomic E-state index is 12.4. The molecule has 2 heterocycles. The number of carbonyl (C=O) groups excluding carboxylic acids is 1. The molecule has 0 aliphatic carbocycles. The summed E-state index contributed by atoms with van der Waals surface area (Å²) in [7, 11) is 1.35. The van der Waals surface area contributed by atoms with Gasteiger partial charge in [-0.3, -0.25) is 15.0 Å². The molecule has 2 aromatic rings. The zero-order chi connectivity index (χ0) is 19.4. The van der Waals surface area contributed by atoms with Crippen molar-refractivity contribution in [3.63, 3.8) is 0 Å². The van der Waals surface area contributed by atoms with Gasteiger partial charge in [0.1, 0.15) is 6.04 Å². The molecule has 27 heavy (non-hydrogen) atoms. The molecule has 1 saturated heterocycles. The van der Waals surface area contributed by atoms with Gasteiger partial charge in [0.15, 0.2) is 0 Å². The topological polar surface area (TPSA) is 88.8 Å². The number of nitrogens with zero attached hydrogens (tertiary/aromatic N) is 4. The average Bonchev–Trinajstić information content (AvgIpc) is 2.70. The van der Waals surface area contributed by atoms with Gasteiger partial charge in [-0.25, -0.2) is 9.78 Å². The Balaban J connectivity index is 1.80. The summed E-state index contributed by atoms with van der Waals surface area (Å²) >= 11 is 6.29. The summed E-state index contributed by atoms with van der Waals surface area (Å²) in [6.45, 7) is 2.02. The molecule has 142 valence electrons. The summed E-state index contributed by atoms with van der Waals surface area (Å²) in [5.41, 5.74) is 0.657. The third kappa shape index (κ3) is 4.01. The lowest BCUT2D eigenvalue weighted by Gasteiger charge is -2.38. The van der Waals surface area contributed by atoms with E-state index >= 15 is 0 Å². The Morgan fingerprint density at radius 1 is 1.22 bits per heavy atom. The number of piperazine rings is 1. The van der Waals surface area contributed by atoms with Crippen molar-refractivity contribution < 1.29 is 14.5 Å². The Labute approximate surface area is 161 Å². The molecule has 0 spiro atoms. The number of aromatic nitrogens is 1. The van der Waals surface area contributed by atoms with Crippen LogP contribution in [0.4, 0.5) is 11.5 Å². The molecule has 1 aromatic heterocycles. The number of rotatable bonds is 5. The van der Waals surface area contributed by atoms with Crippen LogP contribution in [-0.4, -0.2) is 54.1 Å². The first kappa shape index (κ1) is 19.1. The van der Waals surface area contributed by atoms with E-state index in [-0.39, 0.29) is 11.7 Å². The van der Waals surface area contributed by atoms with E-state index in [4.69, 9.17) is 16.3 Å². The lowest BCUT2D eigenvalue weighted by atomic mass is 10.0. The Hall–Kier alpha value is -2.71. The second-order valence-corrected chi connectivity index (χ2v) is 6.48. The van der Waals surface area contributed by atoms with Crippen LogP contribution < -0.4 is 4.90 Å². The van der Waals surface area contributed by atoms with Gasteiger partial charge in [0, 0.05) is 43.5 Å². The van der Waals surface area contributed by atoms with E-state index in [1.165, 1.54) is 19.4 Å². The first-order chi connectivity index (χ1) is 13.0. The number of benzene rings is 1. The highest BCUT2D eigenvalue weighted by atomic mass is 35.5. The van der Waals surface area contributed by atoms with Gasteiger partial charge in [-0.1, -0.05) is 29.8 Å². The van der Waals surface area contributed by atoms with Gasteiger partial charge in [0.2, 0.25) is 5.82 Å². The fraction of sp³-hybridized carbons (Fsp3) is 0.333. The molecule has 8 nitrogen and oxygen atoms in total. The molecule has 1 fully saturated rings. The summed E-state index contributed by atoms with van der Waals surface area (Å²) in [6, 6.07) is 9.53. The van der Waals surface area contributed by atoms with Crippen LogP contribution in [0.1, 0.15) is 11.6 Å². The number of methoxy groups -OCH3 is 1. The Morgan fingerprint density at radius 3 is 2.56 bits per heavy atom. The van der Waals surface area contributed by atoms with Crippen molar-refractivity contribution >= 4 is 29.1 Å². The van der Waals surface area contributed by atoms with E-state index in [9.17, 15) is 14.9 Å². The van der Waals surface area contributed by atoms with Crippen LogP contribution in [0.15, 0.2) is 42.6 Å². The van der Waals surface area contributed by atoms with Crippen LogP contribution >= 0.6 is 11.6 Å². The van der Waals surface area contributed by atoms with Crippen LogP contribution in [0.3, 0.4) is 0 Å². The Bertz CT molecular complexity index is 840. The van der Waals surface area contributed by atoms with Crippen molar-refractivity contribution in [3.8, 4) is 0 Å². The second-order valence-electron chi connectivity index (χ2n) is 6.07. The maximum atomic E-state index is 12.4. The molecule has 1 aromatic carbocycles. The van der Waals surface area contributed by atoms with E-state index in [1.54, 1.807) is 24.3 Å². The summed E-state index contributed by atoms with van der Waals surface area (Å²) in [4.78, 5) is 31.2. The lowest BCUT2D eigenvalue weighted by Crippen LogP contribution is -2.49. The molecular formula is C18H19ClN4O4. The van der Waals surface area contributed by atoms with Crippen molar-refractivity contribution in [2.75, 3.05) is 38.2 Å². The normalized spacial score (nSPS) is 16.0. The van der Waals surface area contributed by atoms with Gasteiger partial charge >= 0.3 is 11.7 Å². The van der Waals surface area contributed by atoms with Crippen molar-refractivity contribution in [2.45, 2.75) is 6.04 Å². The maximum Gasteiger partial charge on any atom is 0.327 e. The number of anilines is 1. The summed E-state index contributed by atoms with van der Waals surface area (Å²) in [5.74, 6) is -0.0464. The standard InChI is InChI=1S/C18H19ClN4O4/c1-27-18(24)16(13-5-2-3-6-14(13)19)21-9-11-22(12-10-21)17-15(23(25)26)7-4-8-20-17/h2-8,16H,9-12H2,1H3. The molecule has 0 bridgehead atoms. The van der Waals surface area contributed by atoms with Crippen LogP contribution in [-0.2, 0) is 9.53 Å². The van der Waals surface area contributed by atoms with Gasteiger partial charge in [0.05, 0.1) is 12.0 Å². The lowest BCUT2D eigenvalue weighted by molar-refractivity contribution is -0.384. The molecule has 1 unspecified atom stereocenters. The summed E-state index contributed by atoms with van der Waals surface area (Å²) in [5, 5.41) is 11.7. The number of esters is 1. The molecule has 1 atom stereocenters. The quantitative estimate of drug-likeness (QED) is 0.440. The van der Waals surface area contributed by atoms with Crippen LogP contribution in [0, 0.1) is 10.1 Å². The van der Waals surface area contributed by atoms with Gasteiger partial charge in [0.25, 0.3) is 0 Å². The van der Waals surface area contributed by atoms with Crippen molar-refractivity contribution in [1.29, 1.82) is 0 Å². The number of nitro groups is 1. The fourth-order valence-corrected chi connectivity index (χ4v) is 3.49. The highest BCUT2D eigenvalue weighted by Crippen LogP contribution is 2.31. The number of carbonyl (C=O) groups is 1. The minimum Gasteiger partial charge on any atom is -0.468 e.